The van der Waals surface area contributed by atoms with Crippen LogP contribution >= 0.6 is 11.6 Å². The second kappa shape index (κ2) is 11.4. The number of carbonyl (C=O) groups excluding carboxylic acids is 2. The first-order valence-electron chi connectivity index (χ1n) is 11.7. The lowest BCUT2D eigenvalue weighted by atomic mass is 9.96. The van der Waals surface area contributed by atoms with Crippen LogP contribution in [0.1, 0.15) is 59.9 Å². The molecule has 2 N–H and O–H groups in total. The van der Waals surface area contributed by atoms with Gasteiger partial charge in [0.05, 0.1) is 12.8 Å². The zero-order chi connectivity index (χ0) is 25.7. The number of nitrogen functional groups attached to an aromatic ring is 1. The highest BCUT2D eigenvalue weighted by atomic mass is 35.5. The third kappa shape index (κ3) is 8.78. The van der Waals surface area contributed by atoms with Crippen LogP contribution in [0.2, 0.25) is 0 Å². The molecule has 0 aliphatic carbocycles. The van der Waals surface area contributed by atoms with Gasteiger partial charge in [-0.3, -0.25) is 4.90 Å². The molecule has 8 nitrogen and oxygen atoms in total. The average Bonchev–Trinajstić information content (AvgIpc) is 2.71. The van der Waals surface area contributed by atoms with Crippen LogP contribution in [-0.4, -0.2) is 65.4 Å². The molecule has 2 rings (SSSR count). The highest BCUT2D eigenvalue weighted by molar-refractivity contribution is 6.21. The summed E-state index contributed by atoms with van der Waals surface area (Å²) in [7, 11) is 1.56. The fourth-order valence-electron chi connectivity index (χ4n) is 3.71. The van der Waals surface area contributed by atoms with E-state index < -0.39 is 22.8 Å². The Morgan fingerprint density at radius 2 is 1.71 bits per heavy atom. The molecule has 1 aromatic carbocycles. The first-order valence-corrected chi connectivity index (χ1v) is 12.2. The van der Waals surface area contributed by atoms with E-state index in [0.717, 1.165) is 18.4 Å². The number of benzene rings is 1. The van der Waals surface area contributed by atoms with E-state index in [9.17, 15) is 9.59 Å². The Balaban J connectivity index is 2.08. The number of nitrogens with two attached hydrogens (primary N) is 1. The smallest absolute Gasteiger partial charge is 0.411 e. The highest BCUT2D eigenvalue weighted by Gasteiger charge is 2.33. The second-order valence-corrected chi connectivity index (χ2v) is 11.3. The summed E-state index contributed by atoms with van der Waals surface area (Å²) in [6.45, 7) is 12.6. The van der Waals surface area contributed by atoms with Crippen molar-refractivity contribution in [1.29, 1.82) is 0 Å². The van der Waals surface area contributed by atoms with Crippen LogP contribution in [0.4, 0.5) is 15.3 Å². The van der Waals surface area contributed by atoms with E-state index >= 15 is 0 Å². The van der Waals surface area contributed by atoms with E-state index in [1.54, 1.807) is 23.0 Å². The van der Waals surface area contributed by atoms with Crippen LogP contribution in [-0.2, 0) is 15.9 Å². The van der Waals surface area contributed by atoms with Gasteiger partial charge in [0.25, 0.3) is 0 Å². The molecular weight excluding hydrogens is 458 g/mol. The molecule has 1 aliphatic rings. The number of alkyl halides is 1. The van der Waals surface area contributed by atoms with Crippen molar-refractivity contribution in [3.8, 4) is 5.75 Å². The summed E-state index contributed by atoms with van der Waals surface area (Å²) in [4.78, 5) is 28.7. The van der Waals surface area contributed by atoms with Crippen LogP contribution in [0.15, 0.2) is 18.2 Å². The van der Waals surface area contributed by atoms with Crippen molar-refractivity contribution >= 4 is 29.5 Å². The van der Waals surface area contributed by atoms with Gasteiger partial charge in [-0.15, -0.1) is 0 Å². The van der Waals surface area contributed by atoms with Crippen LogP contribution < -0.4 is 10.5 Å². The zero-order valence-corrected chi connectivity index (χ0v) is 22.3. The van der Waals surface area contributed by atoms with Gasteiger partial charge in [0.15, 0.2) is 0 Å². The van der Waals surface area contributed by atoms with E-state index in [-0.39, 0.29) is 12.0 Å². The molecule has 0 radical (unpaired) electrons. The summed E-state index contributed by atoms with van der Waals surface area (Å²) in [6, 6.07) is 5.47. The molecule has 0 aromatic heterocycles. The minimum atomic E-state index is -0.642. The number of rotatable bonds is 6. The minimum absolute atomic E-state index is 0.188. The molecule has 1 saturated heterocycles. The molecule has 1 fully saturated rings. The van der Waals surface area contributed by atoms with Gasteiger partial charge in [-0.05, 0) is 78.0 Å². The fourth-order valence-corrected chi connectivity index (χ4v) is 4.05. The molecule has 0 spiro atoms. The number of hydrogen-bond acceptors (Lipinski definition) is 6. The topological polar surface area (TPSA) is 94.3 Å². The molecule has 1 unspecified atom stereocenters. The zero-order valence-electron chi connectivity index (χ0n) is 21.5. The monoisotopic (exact) mass is 497 g/mol. The molecule has 1 aromatic rings. The SMILES string of the molecule is COc1cc(CC(Cl)N(CC2CCN(C(=O)OC(C)(C)C)CC2)C(=O)OC(C)(C)C)ccc1N. The summed E-state index contributed by atoms with van der Waals surface area (Å²) in [6.07, 6.45) is 1.15. The molecule has 1 atom stereocenters. The first kappa shape index (κ1) is 27.9. The molecule has 0 bridgehead atoms. The number of hydrogen-bond donors (Lipinski definition) is 1. The van der Waals surface area contributed by atoms with Gasteiger partial charge >= 0.3 is 12.2 Å². The molecule has 192 valence electrons. The molecule has 9 heteroatoms. The number of amides is 2. The maximum absolute atomic E-state index is 13.1. The van der Waals surface area contributed by atoms with Gasteiger partial charge in [0, 0.05) is 26.1 Å². The highest BCUT2D eigenvalue weighted by Crippen LogP contribution is 2.27. The van der Waals surface area contributed by atoms with E-state index in [2.05, 4.69) is 0 Å². The fraction of sp³-hybridized carbons (Fsp3) is 0.680. The summed E-state index contributed by atoms with van der Waals surface area (Å²) >= 11 is 6.78. The van der Waals surface area contributed by atoms with Gasteiger partial charge < -0.3 is 24.8 Å². The minimum Gasteiger partial charge on any atom is -0.495 e. The Kier molecular flexibility index (Phi) is 9.34. The molecule has 0 saturated carbocycles. The second-order valence-electron chi connectivity index (χ2n) is 10.8. The number of likely N-dealkylation sites (tertiary alicyclic amines) is 1. The number of piperidine rings is 1. The van der Waals surface area contributed by atoms with Gasteiger partial charge in [0.1, 0.15) is 22.5 Å². The number of nitrogens with zero attached hydrogens (tertiary/aromatic N) is 2. The van der Waals surface area contributed by atoms with Crippen molar-refractivity contribution in [3.05, 3.63) is 23.8 Å². The van der Waals surface area contributed by atoms with Gasteiger partial charge in [-0.25, -0.2) is 9.59 Å². The van der Waals surface area contributed by atoms with E-state index in [4.69, 9.17) is 31.5 Å². The third-order valence-corrected chi connectivity index (χ3v) is 5.78. The van der Waals surface area contributed by atoms with Crippen molar-refractivity contribution < 1.29 is 23.8 Å². The Labute approximate surface area is 208 Å². The van der Waals surface area contributed by atoms with Gasteiger partial charge in [-0.2, -0.15) is 0 Å². The summed E-state index contributed by atoms with van der Waals surface area (Å²) in [5, 5.41) is 0. The van der Waals surface area contributed by atoms with Crippen LogP contribution in [0.3, 0.4) is 0 Å². The number of carbonyl (C=O) groups is 2. The third-order valence-electron chi connectivity index (χ3n) is 5.39. The molecule has 2 amide bonds. The Morgan fingerprint density at radius 3 is 2.24 bits per heavy atom. The molecule has 34 heavy (non-hydrogen) atoms. The van der Waals surface area contributed by atoms with Crippen molar-refractivity contribution in [1.82, 2.24) is 9.80 Å². The van der Waals surface area contributed by atoms with Gasteiger partial charge in [-0.1, -0.05) is 17.7 Å². The van der Waals surface area contributed by atoms with Crippen molar-refractivity contribution in [2.45, 2.75) is 77.5 Å². The Bertz CT molecular complexity index is 842. The number of ether oxygens (including phenoxy) is 3. The predicted molar refractivity (Wildman–Crippen MR) is 134 cm³/mol. The normalized spacial score (nSPS) is 16.1. The van der Waals surface area contributed by atoms with Crippen molar-refractivity contribution in [2.24, 2.45) is 5.92 Å². The first-order chi connectivity index (χ1) is 15.7. The summed E-state index contributed by atoms with van der Waals surface area (Å²) < 4.78 is 16.4. The maximum Gasteiger partial charge on any atom is 0.411 e. The molecule has 1 aliphatic heterocycles. The lowest BCUT2D eigenvalue weighted by Crippen LogP contribution is -2.47. The van der Waals surface area contributed by atoms with E-state index in [1.165, 1.54) is 0 Å². The lowest BCUT2D eigenvalue weighted by molar-refractivity contribution is 0.00805. The van der Waals surface area contributed by atoms with Crippen LogP contribution in [0.5, 0.6) is 5.75 Å². The molecule has 1 heterocycles. The number of methoxy groups -OCH3 is 1. The van der Waals surface area contributed by atoms with Gasteiger partial charge in [0.2, 0.25) is 0 Å². The maximum atomic E-state index is 13.1. The van der Waals surface area contributed by atoms with Crippen LogP contribution in [0, 0.1) is 5.92 Å². The number of anilines is 1. The quantitative estimate of drug-likeness (QED) is 0.327. The van der Waals surface area contributed by atoms with E-state index in [0.29, 0.717) is 37.5 Å². The number of halogens is 1. The Hall–Kier alpha value is -2.35. The largest absolute Gasteiger partial charge is 0.495 e. The molecular formula is C25H40ClN3O5. The average molecular weight is 498 g/mol. The Morgan fingerprint density at radius 1 is 1.12 bits per heavy atom. The van der Waals surface area contributed by atoms with E-state index in [1.807, 2.05) is 53.7 Å². The van der Waals surface area contributed by atoms with Crippen molar-refractivity contribution in [2.75, 3.05) is 32.5 Å². The van der Waals surface area contributed by atoms with Crippen LogP contribution in [0.25, 0.3) is 0 Å². The summed E-state index contributed by atoms with van der Waals surface area (Å²) in [5.41, 5.74) is 5.57. The predicted octanol–water partition coefficient (Wildman–Crippen LogP) is 5.27. The standard InChI is InChI=1S/C25H40ClN3O5/c1-24(2,3)33-22(30)28-12-10-17(11-13-28)16-29(23(31)34-25(4,5)6)21(26)15-18-8-9-19(27)20(14-18)32-7/h8-9,14,17,21H,10-13,15-16,27H2,1-7H3. The van der Waals surface area contributed by atoms with Crippen molar-refractivity contribution in [3.63, 3.8) is 0 Å². The lowest BCUT2D eigenvalue weighted by Gasteiger charge is -2.37. The summed E-state index contributed by atoms with van der Waals surface area (Å²) in [5.74, 6) is 0.758.